The van der Waals surface area contributed by atoms with Crippen molar-refractivity contribution >= 4 is 24.2 Å². The molecule has 1 aliphatic carbocycles. The molecule has 3 unspecified atom stereocenters. The van der Waals surface area contributed by atoms with E-state index in [1.54, 1.807) is 4.90 Å². The maximum Gasteiger partial charge on any atom is 0.243 e. The molecule has 0 bridgehead atoms. The molecule has 3 N–H and O–H groups in total. The van der Waals surface area contributed by atoms with Crippen molar-refractivity contribution < 1.29 is 9.59 Å². The maximum atomic E-state index is 12.2. The van der Waals surface area contributed by atoms with Crippen molar-refractivity contribution in [1.82, 2.24) is 10.2 Å². The molecule has 0 aromatic carbocycles. The lowest BCUT2D eigenvalue weighted by Gasteiger charge is -2.26. The van der Waals surface area contributed by atoms with Gasteiger partial charge in [-0.1, -0.05) is 6.42 Å². The SMILES string of the molecule is CC(=O)N1CCCC1C(=O)NC1CCCC1CN.Cl. The highest BCUT2D eigenvalue weighted by molar-refractivity contribution is 5.87. The van der Waals surface area contributed by atoms with Gasteiger partial charge in [-0.05, 0) is 38.1 Å². The molecule has 2 fully saturated rings. The van der Waals surface area contributed by atoms with Crippen LogP contribution in [0.3, 0.4) is 0 Å². The number of nitrogens with zero attached hydrogens (tertiary/aromatic N) is 1. The number of nitrogens with one attached hydrogen (secondary N) is 1. The van der Waals surface area contributed by atoms with E-state index in [-0.39, 0.29) is 36.3 Å². The minimum absolute atomic E-state index is 0. The minimum Gasteiger partial charge on any atom is -0.351 e. The summed E-state index contributed by atoms with van der Waals surface area (Å²) in [5.41, 5.74) is 5.71. The van der Waals surface area contributed by atoms with Gasteiger partial charge in [0.15, 0.2) is 0 Å². The fourth-order valence-electron chi connectivity index (χ4n) is 3.20. The molecule has 2 aliphatic rings. The van der Waals surface area contributed by atoms with Crippen molar-refractivity contribution in [3.05, 3.63) is 0 Å². The molecule has 1 saturated heterocycles. The summed E-state index contributed by atoms with van der Waals surface area (Å²) < 4.78 is 0. The van der Waals surface area contributed by atoms with E-state index in [0.29, 0.717) is 19.0 Å². The zero-order valence-electron chi connectivity index (χ0n) is 11.4. The zero-order chi connectivity index (χ0) is 13.1. The number of carbonyl (C=O) groups excluding carboxylic acids is 2. The van der Waals surface area contributed by atoms with Gasteiger partial charge in [-0.3, -0.25) is 9.59 Å². The summed E-state index contributed by atoms with van der Waals surface area (Å²) in [7, 11) is 0. The predicted octanol–water partition coefficient (Wildman–Crippen LogP) is 0.663. The highest BCUT2D eigenvalue weighted by Gasteiger charge is 2.35. The van der Waals surface area contributed by atoms with E-state index < -0.39 is 0 Å². The van der Waals surface area contributed by atoms with E-state index in [9.17, 15) is 9.59 Å². The van der Waals surface area contributed by atoms with Crippen molar-refractivity contribution in [2.45, 2.75) is 51.1 Å². The summed E-state index contributed by atoms with van der Waals surface area (Å²) in [4.78, 5) is 25.4. The van der Waals surface area contributed by atoms with Crippen LogP contribution in [0.1, 0.15) is 39.0 Å². The number of halogens is 1. The lowest BCUT2D eigenvalue weighted by molar-refractivity contribution is -0.137. The zero-order valence-corrected chi connectivity index (χ0v) is 12.2. The number of amides is 2. The van der Waals surface area contributed by atoms with Crippen molar-refractivity contribution in [2.24, 2.45) is 11.7 Å². The molecule has 2 amide bonds. The monoisotopic (exact) mass is 289 g/mol. The van der Waals surface area contributed by atoms with E-state index in [2.05, 4.69) is 5.32 Å². The smallest absolute Gasteiger partial charge is 0.243 e. The molecule has 3 atom stereocenters. The first kappa shape index (κ1) is 16.2. The number of hydrogen-bond acceptors (Lipinski definition) is 3. The Morgan fingerprint density at radius 2 is 2.00 bits per heavy atom. The molecule has 110 valence electrons. The van der Waals surface area contributed by atoms with E-state index in [4.69, 9.17) is 5.73 Å². The lowest BCUT2D eigenvalue weighted by atomic mass is 10.0. The van der Waals surface area contributed by atoms with Gasteiger partial charge >= 0.3 is 0 Å². The molecule has 1 saturated carbocycles. The first-order valence-electron chi connectivity index (χ1n) is 6.91. The van der Waals surface area contributed by atoms with Crippen molar-refractivity contribution in [2.75, 3.05) is 13.1 Å². The van der Waals surface area contributed by atoms with Crippen molar-refractivity contribution in [3.8, 4) is 0 Å². The summed E-state index contributed by atoms with van der Waals surface area (Å²) in [5, 5.41) is 3.09. The quantitative estimate of drug-likeness (QED) is 0.801. The van der Waals surface area contributed by atoms with Crippen molar-refractivity contribution in [3.63, 3.8) is 0 Å². The van der Waals surface area contributed by atoms with Crippen LogP contribution < -0.4 is 11.1 Å². The molecule has 0 radical (unpaired) electrons. The fourth-order valence-corrected chi connectivity index (χ4v) is 3.20. The van der Waals surface area contributed by atoms with Gasteiger partial charge in [-0.25, -0.2) is 0 Å². The minimum atomic E-state index is -0.262. The van der Waals surface area contributed by atoms with Crippen LogP contribution in [-0.2, 0) is 9.59 Å². The van der Waals surface area contributed by atoms with Gasteiger partial charge in [0, 0.05) is 19.5 Å². The first-order valence-corrected chi connectivity index (χ1v) is 6.91. The van der Waals surface area contributed by atoms with Crippen LogP contribution in [0.15, 0.2) is 0 Å². The van der Waals surface area contributed by atoms with Crippen LogP contribution in [-0.4, -0.2) is 41.9 Å². The molecule has 5 nitrogen and oxygen atoms in total. The van der Waals surface area contributed by atoms with Gasteiger partial charge in [0.2, 0.25) is 11.8 Å². The summed E-state index contributed by atoms with van der Waals surface area (Å²) in [6.45, 7) is 2.87. The Morgan fingerprint density at radius 3 is 2.63 bits per heavy atom. The van der Waals surface area contributed by atoms with E-state index >= 15 is 0 Å². The number of rotatable bonds is 3. The number of likely N-dealkylation sites (tertiary alicyclic amines) is 1. The molecule has 1 aliphatic heterocycles. The molecule has 19 heavy (non-hydrogen) atoms. The molecule has 6 heteroatoms. The Hall–Kier alpha value is -0.810. The van der Waals surface area contributed by atoms with Crippen molar-refractivity contribution in [1.29, 1.82) is 0 Å². The largest absolute Gasteiger partial charge is 0.351 e. The Balaban J connectivity index is 0.00000180. The molecule has 1 heterocycles. The van der Waals surface area contributed by atoms with Crippen LogP contribution in [0.5, 0.6) is 0 Å². The topological polar surface area (TPSA) is 75.4 Å². The second-order valence-electron chi connectivity index (χ2n) is 5.41. The Labute approximate surface area is 120 Å². The Morgan fingerprint density at radius 1 is 1.26 bits per heavy atom. The van der Waals surface area contributed by atoms with Gasteiger partial charge in [-0.15, -0.1) is 12.4 Å². The second kappa shape index (κ2) is 7.10. The third-order valence-electron chi connectivity index (χ3n) is 4.25. The number of nitrogens with two attached hydrogens (primary N) is 1. The van der Waals surface area contributed by atoms with Gasteiger partial charge in [0.05, 0.1) is 0 Å². The highest BCUT2D eigenvalue weighted by Crippen LogP contribution is 2.25. The standard InChI is InChI=1S/C13H23N3O2.ClH/c1-9(17)16-7-3-6-12(16)13(18)15-11-5-2-4-10(11)8-14;/h10-12H,2-8,14H2,1H3,(H,15,18);1H. The van der Waals surface area contributed by atoms with Gasteiger partial charge < -0.3 is 16.0 Å². The van der Waals surface area contributed by atoms with E-state index in [1.165, 1.54) is 6.92 Å². The molecule has 0 aromatic heterocycles. The molecular formula is C13H24ClN3O2. The molecule has 0 aromatic rings. The Bertz CT molecular complexity index is 338. The second-order valence-corrected chi connectivity index (χ2v) is 5.41. The third kappa shape index (κ3) is 3.60. The first-order chi connectivity index (χ1) is 8.63. The van der Waals surface area contributed by atoms with Gasteiger partial charge in [0.1, 0.15) is 6.04 Å². The summed E-state index contributed by atoms with van der Waals surface area (Å²) in [6.07, 6.45) is 4.95. The predicted molar refractivity (Wildman–Crippen MR) is 76.0 cm³/mol. The molecular weight excluding hydrogens is 266 g/mol. The Kier molecular flexibility index (Phi) is 6.07. The fraction of sp³-hybridized carbons (Fsp3) is 0.846. The third-order valence-corrected chi connectivity index (χ3v) is 4.25. The van der Waals surface area contributed by atoms with E-state index in [0.717, 1.165) is 32.1 Å². The van der Waals surface area contributed by atoms with Gasteiger partial charge in [0.25, 0.3) is 0 Å². The summed E-state index contributed by atoms with van der Waals surface area (Å²) >= 11 is 0. The van der Waals surface area contributed by atoms with Crippen LogP contribution in [0.2, 0.25) is 0 Å². The van der Waals surface area contributed by atoms with Crippen LogP contribution in [0.4, 0.5) is 0 Å². The van der Waals surface area contributed by atoms with Gasteiger partial charge in [-0.2, -0.15) is 0 Å². The number of hydrogen-bond donors (Lipinski definition) is 2. The number of carbonyl (C=O) groups is 2. The maximum absolute atomic E-state index is 12.2. The average Bonchev–Trinajstić information content (AvgIpc) is 2.96. The lowest BCUT2D eigenvalue weighted by Crippen LogP contribution is -2.49. The highest BCUT2D eigenvalue weighted by atomic mass is 35.5. The summed E-state index contributed by atoms with van der Waals surface area (Å²) in [6, 6.07) is -0.0570. The molecule has 2 rings (SSSR count). The van der Waals surface area contributed by atoms with E-state index in [1.807, 2.05) is 0 Å². The normalized spacial score (nSPS) is 30.0. The van der Waals surface area contributed by atoms with Crippen LogP contribution >= 0.6 is 12.4 Å². The van der Waals surface area contributed by atoms with Crippen LogP contribution in [0, 0.1) is 5.92 Å². The van der Waals surface area contributed by atoms with Crippen LogP contribution in [0.25, 0.3) is 0 Å². The molecule has 0 spiro atoms. The average molecular weight is 290 g/mol. The summed E-state index contributed by atoms with van der Waals surface area (Å²) in [5.74, 6) is 0.406.